The Morgan fingerprint density at radius 1 is 1.22 bits per heavy atom. The van der Waals surface area contributed by atoms with Gasteiger partial charge in [0.15, 0.2) is 0 Å². The van der Waals surface area contributed by atoms with E-state index >= 15 is 0 Å². The van der Waals surface area contributed by atoms with Crippen molar-refractivity contribution in [2.45, 2.75) is 43.4 Å². The predicted octanol–water partition coefficient (Wildman–Crippen LogP) is 0.992. The molecule has 0 atom stereocenters. The number of rotatable bonds is 5. The molecule has 8 heteroatoms. The first kappa shape index (κ1) is 17.4. The normalized spacial score (nSPS) is 17.4. The van der Waals surface area contributed by atoms with Crippen LogP contribution in [0.2, 0.25) is 0 Å². The molecule has 0 bridgehead atoms. The van der Waals surface area contributed by atoms with Crippen LogP contribution in [-0.2, 0) is 20.6 Å². The van der Waals surface area contributed by atoms with Crippen molar-refractivity contribution < 1.29 is 23.1 Å². The van der Waals surface area contributed by atoms with E-state index in [0.29, 0.717) is 18.4 Å². The van der Waals surface area contributed by atoms with Crippen molar-refractivity contribution in [1.29, 1.82) is 0 Å². The van der Waals surface area contributed by atoms with E-state index in [2.05, 4.69) is 5.32 Å². The molecule has 0 unspecified atom stereocenters. The number of primary sulfonamides is 1. The van der Waals surface area contributed by atoms with Gasteiger partial charge in [-0.25, -0.2) is 18.4 Å². The number of carboxylic acid groups (broad SMARTS) is 1. The molecule has 2 rings (SSSR count). The lowest BCUT2D eigenvalue weighted by atomic mass is 9.81. The average Bonchev–Trinajstić information content (AvgIpc) is 2.46. The van der Waals surface area contributed by atoms with E-state index < -0.39 is 27.4 Å². The number of carboxylic acids is 1. The Balaban J connectivity index is 2.19. The van der Waals surface area contributed by atoms with Gasteiger partial charge in [0.05, 0.1) is 5.75 Å². The Bertz CT molecular complexity index is 708. The van der Waals surface area contributed by atoms with Crippen LogP contribution >= 0.6 is 0 Å². The second-order valence-electron chi connectivity index (χ2n) is 5.91. The smallest absolute Gasteiger partial charge is 0.329 e. The molecule has 0 aliphatic heterocycles. The van der Waals surface area contributed by atoms with E-state index in [1.54, 1.807) is 12.1 Å². The van der Waals surface area contributed by atoms with Gasteiger partial charge >= 0.3 is 5.97 Å². The first-order valence-electron chi connectivity index (χ1n) is 7.37. The van der Waals surface area contributed by atoms with Gasteiger partial charge in [-0.2, -0.15) is 0 Å². The molecule has 1 aliphatic rings. The molecule has 1 fully saturated rings. The van der Waals surface area contributed by atoms with Crippen molar-refractivity contribution in [3.63, 3.8) is 0 Å². The summed E-state index contributed by atoms with van der Waals surface area (Å²) in [5, 5.41) is 17.1. The fourth-order valence-electron chi connectivity index (χ4n) is 2.87. The summed E-state index contributed by atoms with van der Waals surface area (Å²) in [6.07, 6.45) is 3.24. The zero-order chi connectivity index (χ0) is 17.1. The molecule has 1 saturated carbocycles. The van der Waals surface area contributed by atoms with Gasteiger partial charge in [-0.05, 0) is 30.5 Å². The molecular weight excluding hydrogens is 320 g/mol. The van der Waals surface area contributed by atoms with E-state index in [0.717, 1.165) is 19.3 Å². The summed E-state index contributed by atoms with van der Waals surface area (Å²) >= 11 is 0. The van der Waals surface area contributed by atoms with Crippen LogP contribution in [0.3, 0.4) is 0 Å². The number of nitrogens with one attached hydrogen (secondary N) is 1. The summed E-state index contributed by atoms with van der Waals surface area (Å²) in [6, 6.07) is 6.02. The highest BCUT2D eigenvalue weighted by molar-refractivity contribution is 7.88. The van der Waals surface area contributed by atoms with E-state index in [-0.39, 0.29) is 11.3 Å². The van der Waals surface area contributed by atoms with Gasteiger partial charge in [-0.1, -0.05) is 31.4 Å². The number of aliphatic carboxylic acids is 1. The van der Waals surface area contributed by atoms with Gasteiger partial charge in [0.2, 0.25) is 10.0 Å². The highest BCUT2D eigenvalue weighted by atomic mass is 32.2. The van der Waals surface area contributed by atoms with Gasteiger partial charge in [0.25, 0.3) is 5.91 Å². The molecule has 126 valence electrons. The van der Waals surface area contributed by atoms with Crippen molar-refractivity contribution in [1.82, 2.24) is 5.32 Å². The van der Waals surface area contributed by atoms with Crippen LogP contribution < -0.4 is 10.5 Å². The minimum absolute atomic E-state index is 0.220. The molecule has 0 aromatic heterocycles. The molecule has 1 aliphatic carbocycles. The number of hydrogen-bond donors (Lipinski definition) is 3. The first-order chi connectivity index (χ1) is 10.7. The predicted molar refractivity (Wildman–Crippen MR) is 84.2 cm³/mol. The second kappa shape index (κ2) is 6.67. The van der Waals surface area contributed by atoms with Crippen molar-refractivity contribution in [3.8, 4) is 0 Å². The highest BCUT2D eigenvalue weighted by Gasteiger charge is 2.41. The molecule has 1 amide bonds. The van der Waals surface area contributed by atoms with Gasteiger partial charge in [0.1, 0.15) is 5.54 Å². The largest absolute Gasteiger partial charge is 0.480 e. The summed E-state index contributed by atoms with van der Waals surface area (Å²) in [7, 11) is -3.70. The van der Waals surface area contributed by atoms with Crippen LogP contribution in [0.25, 0.3) is 0 Å². The number of carbonyl (C=O) groups excluding carboxylic acids is 1. The van der Waals surface area contributed by atoms with Gasteiger partial charge in [0, 0.05) is 5.56 Å². The third kappa shape index (κ3) is 4.52. The van der Waals surface area contributed by atoms with Crippen LogP contribution in [0.15, 0.2) is 24.3 Å². The minimum Gasteiger partial charge on any atom is -0.480 e. The van der Waals surface area contributed by atoms with Crippen LogP contribution in [-0.4, -0.2) is 30.9 Å². The van der Waals surface area contributed by atoms with Crippen molar-refractivity contribution >= 4 is 21.9 Å². The average molecular weight is 340 g/mol. The van der Waals surface area contributed by atoms with E-state index in [1.807, 2.05) is 0 Å². The Hall–Kier alpha value is -1.93. The highest BCUT2D eigenvalue weighted by Crippen LogP contribution is 2.29. The van der Waals surface area contributed by atoms with Crippen molar-refractivity contribution in [3.05, 3.63) is 35.4 Å². The molecule has 0 spiro atoms. The molecule has 1 aromatic carbocycles. The third-order valence-electron chi connectivity index (χ3n) is 4.03. The van der Waals surface area contributed by atoms with E-state index in [4.69, 9.17) is 5.14 Å². The summed E-state index contributed by atoms with van der Waals surface area (Å²) in [5.41, 5.74) is -0.642. The zero-order valence-electron chi connectivity index (χ0n) is 12.6. The lowest BCUT2D eigenvalue weighted by Crippen LogP contribution is -2.55. The molecule has 23 heavy (non-hydrogen) atoms. The van der Waals surface area contributed by atoms with Gasteiger partial charge < -0.3 is 10.4 Å². The Morgan fingerprint density at radius 2 is 1.87 bits per heavy atom. The maximum atomic E-state index is 12.4. The Labute approximate surface area is 134 Å². The van der Waals surface area contributed by atoms with Gasteiger partial charge in [-0.3, -0.25) is 4.79 Å². The monoisotopic (exact) mass is 340 g/mol. The lowest BCUT2D eigenvalue weighted by molar-refractivity contribution is -0.145. The summed E-state index contributed by atoms with van der Waals surface area (Å²) in [4.78, 5) is 24.0. The number of nitrogens with two attached hydrogens (primary N) is 1. The number of amides is 1. The van der Waals surface area contributed by atoms with E-state index in [9.17, 15) is 23.1 Å². The number of hydrogen-bond acceptors (Lipinski definition) is 4. The summed E-state index contributed by atoms with van der Waals surface area (Å²) in [5.74, 6) is -1.94. The van der Waals surface area contributed by atoms with Crippen LogP contribution in [0, 0.1) is 0 Å². The molecule has 0 radical (unpaired) electrons. The fourth-order valence-corrected chi connectivity index (χ4v) is 3.52. The Morgan fingerprint density at radius 3 is 2.43 bits per heavy atom. The number of carbonyl (C=O) groups is 2. The first-order valence-corrected chi connectivity index (χ1v) is 9.09. The Kier molecular flexibility index (Phi) is 5.06. The maximum Gasteiger partial charge on any atom is 0.329 e. The van der Waals surface area contributed by atoms with Crippen LogP contribution in [0.1, 0.15) is 48.0 Å². The molecule has 0 saturated heterocycles. The van der Waals surface area contributed by atoms with Gasteiger partial charge in [-0.15, -0.1) is 0 Å². The molecule has 7 nitrogen and oxygen atoms in total. The zero-order valence-corrected chi connectivity index (χ0v) is 13.4. The quantitative estimate of drug-likeness (QED) is 0.737. The SMILES string of the molecule is NS(=O)(=O)Cc1cccc(C(=O)NC2(C(=O)O)CCCCC2)c1. The minimum atomic E-state index is -3.70. The number of sulfonamides is 1. The lowest BCUT2D eigenvalue weighted by Gasteiger charge is -2.34. The van der Waals surface area contributed by atoms with E-state index in [1.165, 1.54) is 12.1 Å². The maximum absolute atomic E-state index is 12.4. The second-order valence-corrected chi connectivity index (χ2v) is 7.52. The molecule has 1 aromatic rings. The third-order valence-corrected chi connectivity index (χ3v) is 4.76. The summed E-state index contributed by atoms with van der Waals surface area (Å²) in [6.45, 7) is 0. The standard InChI is InChI=1S/C15H20N2O5S/c16-23(21,22)10-11-5-4-6-12(9-11)13(18)17-15(14(19)20)7-2-1-3-8-15/h4-6,9H,1-3,7-8,10H2,(H,17,18)(H,19,20)(H2,16,21,22). The molecular formula is C15H20N2O5S. The number of benzene rings is 1. The van der Waals surface area contributed by atoms with Crippen molar-refractivity contribution in [2.24, 2.45) is 5.14 Å². The van der Waals surface area contributed by atoms with Crippen LogP contribution in [0.4, 0.5) is 0 Å². The summed E-state index contributed by atoms with van der Waals surface area (Å²) < 4.78 is 22.3. The van der Waals surface area contributed by atoms with Crippen LogP contribution in [0.5, 0.6) is 0 Å². The fraction of sp³-hybridized carbons (Fsp3) is 0.467. The molecule has 0 heterocycles. The van der Waals surface area contributed by atoms with Crippen molar-refractivity contribution in [2.75, 3.05) is 0 Å². The molecule has 4 N–H and O–H groups in total. The topological polar surface area (TPSA) is 127 Å².